The molecular formula is C12H21N5. The molecule has 17 heavy (non-hydrogen) atoms. The molecule has 0 saturated carbocycles. The van der Waals surface area contributed by atoms with Gasteiger partial charge in [-0.2, -0.15) is 5.10 Å². The van der Waals surface area contributed by atoms with Crippen molar-refractivity contribution in [1.82, 2.24) is 10.2 Å². The van der Waals surface area contributed by atoms with Gasteiger partial charge in [-0.05, 0) is 18.9 Å². The van der Waals surface area contributed by atoms with Crippen molar-refractivity contribution in [3.05, 3.63) is 17.8 Å². The lowest BCUT2D eigenvalue weighted by molar-refractivity contribution is 0.544. The highest BCUT2D eigenvalue weighted by molar-refractivity contribution is 5.99. The van der Waals surface area contributed by atoms with Crippen LogP contribution in [0.2, 0.25) is 0 Å². The van der Waals surface area contributed by atoms with Gasteiger partial charge in [0.25, 0.3) is 0 Å². The summed E-state index contributed by atoms with van der Waals surface area (Å²) < 4.78 is 0. The zero-order valence-corrected chi connectivity index (χ0v) is 10.8. The second-order valence-corrected chi connectivity index (χ2v) is 4.23. The van der Waals surface area contributed by atoms with E-state index in [2.05, 4.69) is 35.9 Å². The van der Waals surface area contributed by atoms with Crippen molar-refractivity contribution >= 4 is 11.7 Å². The lowest BCUT2D eigenvalue weighted by atomic mass is 10.1. The van der Waals surface area contributed by atoms with Gasteiger partial charge in [-0.1, -0.05) is 20.3 Å². The Hall–Kier alpha value is -1.65. The summed E-state index contributed by atoms with van der Waals surface area (Å²) in [6.07, 6.45) is 2.68. The zero-order valence-electron chi connectivity index (χ0n) is 10.8. The summed E-state index contributed by atoms with van der Waals surface area (Å²) in [6, 6.07) is 1.74. The molecule has 94 valence electrons. The highest BCUT2D eigenvalue weighted by atomic mass is 15.3. The van der Waals surface area contributed by atoms with Crippen LogP contribution in [0.3, 0.4) is 0 Å². The van der Waals surface area contributed by atoms with Crippen molar-refractivity contribution in [2.24, 2.45) is 11.7 Å². The maximum absolute atomic E-state index is 7.56. The summed E-state index contributed by atoms with van der Waals surface area (Å²) >= 11 is 0. The molecule has 1 aromatic heterocycles. The molecule has 1 rings (SSSR count). The maximum Gasteiger partial charge on any atom is 0.162 e. The van der Waals surface area contributed by atoms with Gasteiger partial charge in [0, 0.05) is 13.1 Å². The van der Waals surface area contributed by atoms with Crippen LogP contribution in [-0.2, 0) is 0 Å². The number of nitrogen functional groups attached to an aromatic ring is 1. The molecule has 0 amide bonds. The summed E-state index contributed by atoms with van der Waals surface area (Å²) in [5.41, 5.74) is 6.22. The molecule has 1 heterocycles. The Morgan fingerprint density at radius 3 is 2.76 bits per heavy atom. The topological polar surface area (TPSA) is 78.9 Å². The highest BCUT2D eigenvalue weighted by Gasteiger charge is 2.15. The Balaban J connectivity index is 2.99. The van der Waals surface area contributed by atoms with Crippen molar-refractivity contribution in [2.75, 3.05) is 18.0 Å². The number of rotatable bonds is 6. The van der Waals surface area contributed by atoms with Crippen LogP contribution in [-0.4, -0.2) is 29.1 Å². The molecule has 0 radical (unpaired) electrons. The van der Waals surface area contributed by atoms with E-state index in [1.54, 1.807) is 12.3 Å². The number of aromatic nitrogens is 2. The first kappa shape index (κ1) is 13.4. The van der Waals surface area contributed by atoms with Crippen molar-refractivity contribution < 1.29 is 0 Å². The molecule has 0 aliphatic rings. The summed E-state index contributed by atoms with van der Waals surface area (Å²) in [6.45, 7) is 8.18. The van der Waals surface area contributed by atoms with Crippen LogP contribution in [0.4, 0.5) is 5.82 Å². The molecule has 0 saturated heterocycles. The second kappa shape index (κ2) is 6.18. The van der Waals surface area contributed by atoms with Crippen LogP contribution in [0.25, 0.3) is 0 Å². The minimum absolute atomic E-state index is 0.0394. The normalized spacial score (nSPS) is 12.2. The second-order valence-electron chi connectivity index (χ2n) is 4.23. The van der Waals surface area contributed by atoms with Crippen LogP contribution in [0.15, 0.2) is 12.3 Å². The van der Waals surface area contributed by atoms with Crippen LogP contribution >= 0.6 is 0 Å². The lowest BCUT2D eigenvalue weighted by Crippen LogP contribution is -2.31. The standard InChI is InChI=1S/C12H21N5/c1-4-9(3)8-17(5-2)12-10(11(13)14)6-7-15-16-12/h6-7,9H,4-5,8H2,1-3H3,(H3,13,14). The predicted molar refractivity (Wildman–Crippen MR) is 70.4 cm³/mol. The van der Waals surface area contributed by atoms with E-state index in [0.717, 1.165) is 19.5 Å². The number of hydrogen-bond donors (Lipinski definition) is 2. The highest BCUT2D eigenvalue weighted by Crippen LogP contribution is 2.17. The number of anilines is 1. The quantitative estimate of drug-likeness (QED) is 0.580. The Kier molecular flexibility index (Phi) is 4.87. The molecule has 0 aromatic carbocycles. The third kappa shape index (κ3) is 3.41. The van der Waals surface area contributed by atoms with E-state index in [-0.39, 0.29) is 5.84 Å². The fraction of sp³-hybridized carbons (Fsp3) is 0.583. The molecule has 0 fully saturated rings. The van der Waals surface area contributed by atoms with Gasteiger partial charge < -0.3 is 10.6 Å². The fourth-order valence-corrected chi connectivity index (χ4v) is 1.64. The third-order valence-electron chi connectivity index (χ3n) is 2.90. The average molecular weight is 235 g/mol. The van der Waals surface area contributed by atoms with Crippen LogP contribution in [0, 0.1) is 11.3 Å². The maximum atomic E-state index is 7.56. The van der Waals surface area contributed by atoms with E-state index in [4.69, 9.17) is 11.1 Å². The van der Waals surface area contributed by atoms with Crippen LogP contribution < -0.4 is 10.6 Å². The Bertz CT molecular complexity index is 377. The van der Waals surface area contributed by atoms with Crippen molar-refractivity contribution in [1.29, 1.82) is 5.41 Å². The summed E-state index contributed by atoms with van der Waals surface area (Å²) in [7, 11) is 0. The van der Waals surface area contributed by atoms with Crippen LogP contribution in [0.1, 0.15) is 32.8 Å². The largest absolute Gasteiger partial charge is 0.384 e. The predicted octanol–water partition coefficient (Wildman–Crippen LogP) is 1.63. The fourth-order valence-electron chi connectivity index (χ4n) is 1.64. The number of nitrogens with one attached hydrogen (secondary N) is 1. The van der Waals surface area contributed by atoms with Crippen molar-refractivity contribution in [2.45, 2.75) is 27.2 Å². The molecule has 1 aromatic rings. The Morgan fingerprint density at radius 1 is 1.53 bits per heavy atom. The molecule has 0 spiro atoms. The minimum atomic E-state index is 0.0394. The first-order valence-electron chi connectivity index (χ1n) is 6.01. The monoisotopic (exact) mass is 235 g/mol. The molecule has 0 aliphatic carbocycles. The van der Waals surface area contributed by atoms with E-state index in [0.29, 0.717) is 17.3 Å². The van der Waals surface area contributed by atoms with Gasteiger partial charge in [0.05, 0.1) is 11.8 Å². The average Bonchev–Trinajstić information content (AvgIpc) is 2.35. The molecule has 5 heteroatoms. The van der Waals surface area contributed by atoms with Gasteiger partial charge >= 0.3 is 0 Å². The minimum Gasteiger partial charge on any atom is -0.384 e. The van der Waals surface area contributed by atoms with E-state index >= 15 is 0 Å². The van der Waals surface area contributed by atoms with Crippen molar-refractivity contribution in [3.8, 4) is 0 Å². The number of nitrogens with zero attached hydrogens (tertiary/aromatic N) is 3. The van der Waals surface area contributed by atoms with Gasteiger partial charge in [0.1, 0.15) is 5.84 Å². The van der Waals surface area contributed by atoms with Crippen molar-refractivity contribution in [3.63, 3.8) is 0 Å². The van der Waals surface area contributed by atoms with Gasteiger partial charge in [0.2, 0.25) is 0 Å². The van der Waals surface area contributed by atoms with Gasteiger partial charge in [0.15, 0.2) is 5.82 Å². The molecule has 3 N–H and O–H groups in total. The summed E-state index contributed by atoms with van der Waals surface area (Å²) in [5.74, 6) is 1.33. The summed E-state index contributed by atoms with van der Waals surface area (Å²) in [5, 5.41) is 15.6. The van der Waals surface area contributed by atoms with E-state index in [1.807, 2.05) is 0 Å². The molecule has 1 atom stereocenters. The first-order valence-corrected chi connectivity index (χ1v) is 6.01. The smallest absolute Gasteiger partial charge is 0.162 e. The van der Waals surface area contributed by atoms with E-state index in [1.165, 1.54) is 0 Å². The molecule has 5 nitrogen and oxygen atoms in total. The SMILES string of the molecule is CCC(C)CN(CC)c1nnccc1C(=N)N. The number of amidine groups is 1. The van der Waals surface area contributed by atoms with Gasteiger partial charge in [-0.25, -0.2) is 0 Å². The molecular weight excluding hydrogens is 214 g/mol. The summed E-state index contributed by atoms with van der Waals surface area (Å²) in [4.78, 5) is 2.12. The third-order valence-corrected chi connectivity index (χ3v) is 2.90. The number of hydrogen-bond acceptors (Lipinski definition) is 4. The number of nitrogens with two attached hydrogens (primary N) is 1. The first-order chi connectivity index (χ1) is 8.10. The molecule has 1 unspecified atom stereocenters. The Morgan fingerprint density at radius 2 is 2.24 bits per heavy atom. The van der Waals surface area contributed by atoms with E-state index < -0.39 is 0 Å². The van der Waals surface area contributed by atoms with Gasteiger partial charge in [-0.3, -0.25) is 5.41 Å². The molecule has 0 bridgehead atoms. The van der Waals surface area contributed by atoms with Gasteiger partial charge in [-0.15, -0.1) is 5.10 Å². The van der Waals surface area contributed by atoms with Crippen LogP contribution in [0.5, 0.6) is 0 Å². The lowest BCUT2D eigenvalue weighted by Gasteiger charge is -2.26. The van der Waals surface area contributed by atoms with E-state index in [9.17, 15) is 0 Å². The zero-order chi connectivity index (χ0) is 12.8. The molecule has 0 aliphatic heterocycles. The Labute approximate surface area is 103 Å².